The Kier molecular flexibility index (Phi) is 6.68. The first kappa shape index (κ1) is 16.5. The van der Waals surface area contributed by atoms with Crippen LogP contribution in [0.1, 0.15) is 62.7 Å². The van der Waals surface area contributed by atoms with E-state index < -0.39 is 6.10 Å². The number of hydrogen-bond acceptors (Lipinski definition) is 3. The Hall–Kier alpha value is -0.900. The second kappa shape index (κ2) is 8.52. The molecule has 0 aliphatic carbocycles. The molecule has 0 amide bonds. The molecule has 1 saturated heterocycles. The fraction of sp³-hybridized carbons (Fsp3) is 0.667. The highest BCUT2D eigenvalue weighted by Gasteiger charge is 2.13. The highest BCUT2D eigenvalue weighted by molar-refractivity contribution is 5.26. The van der Waals surface area contributed by atoms with E-state index in [-0.39, 0.29) is 0 Å². The highest BCUT2D eigenvalue weighted by Crippen LogP contribution is 2.18. The predicted molar refractivity (Wildman–Crippen MR) is 86.6 cm³/mol. The monoisotopic (exact) mass is 291 g/mol. The number of rotatable bonds is 7. The minimum atomic E-state index is -0.432. The van der Waals surface area contributed by atoms with Crippen molar-refractivity contribution in [2.75, 3.05) is 19.7 Å². The molecule has 2 rings (SSSR count). The molecule has 0 bridgehead atoms. The Balaban J connectivity index is 1.67. The molecule has 21 heavy (non-hydrogen) atoms. The van der Waals surface area contributed by atoms with E-state index in [1.807, 2.05) is 12.1 Å². The van der Waals surface area contributed by atoms with Crippen molar-refractivity contribution in [3.05, 3.63) is 35.4 Å². The summed E-state index contributed by atoms with van der Waals surface area (Å²) in [5.74, 6) is 0.532. The van der Waals surface area contributed by atoms with E-state index in [1.54, 1.807) is 0 Å². The Labute approximate surface area is 128 Å². The first-order valence-electron chi connectivity index (χ1n) is 8.27. The van der Waals surface area contributed by atoms with Crippen LogP contribution in [0.2, 0.25) is 0 Å². The summed E-state index contributed by atoms with van der Waals surface area (Å²) < 4.78 is 5.70. The molecule has 1 aromatic rings. The van der Waals surface area contributed by atoms with Crippen LogP contribution in [0.15, 0.2) is 24.3 Å². The lowest BCUT2D eigenvalue weighted by Crippen LogP contribution is -2.28. The minimum Gasteiger partial charge on any atom is -0.387 e. The minimum absolute atomic E-state index is 0.411. The van der Waals surface area contributed by atoms with E-state index in [0.29, 0.717) is 18.6 Å². The van der Waals surface area contributed by atoms with E-state index >= 15 is 0 Å². The van der Waals surface area contributed by atoms with Crippen molar-refractivity contribution in [1.29, 1.82) is 0 Å². The van der Waals surface area contributed by atoms with Crippen LogP contribution in [0.25, 0.3) is 0 Å². The van der Waals surface area contributed by atoms with Gasteiger partial charge in [0.25, 0.3) is 0 Å². The van der Waals surface area contributed by atoms with Crippen LogP contribution >= 0.6 is 0 Å². The van der Waals surface area contributed by atoms with Gasteiger partial charge in [0.05, 0.1) is 12.2 Å². The van der Waals surface area contributed by atoms with Gasteiger partial charge in [0.1, 0.15) is 0 Å². The van der Waals surface area contributed by atoms with E-state index in [4.69, 9.17) is 4.74 Å². The molecule has 0 radical (unpaired) electrons. The van der Waals surface area contributed by atoms with E-state index in [2.05, 4.69) is 31.3 Å². The number of aliphatic hydroxyl groups excluding tert-OH is 1. The normalized spacial score (nSPS) is 20.7. The fourth-order valence-electron chi connectivity index (χ4n) is 2.76. The number of ether oxygens (including phenoxy) is 1. The third kappa shape index (κ3) is 5.42. The predicted octanol–water partition coefficient (Wildman–Crippen LogP) is 3.39. The van der Waals surface area contributed by atoms with Gasteiger partial charge in [-0.2, -0.15) is 0 Å². The molecule has 2 N–H and O–H groups in total. The molecule has 3 nitrogen and oxygen atoms in total. The van der Waals surface area contributed by atoms with Crippen molar-refractivity contribution in [3.8, 4) is 0 Å². The molecule has 0 aromatic heterocycles. The van der Waals surface area contributed by atoms with Crippen molar-refractivity contribution in [2.45, 2.75) is 57.7 Å². The molecular weight excluding hydrogens is 262 g/mol. The zero-order chi connectivity index (χ0) is 15.1. The maximum Gasteiger partial charge on any atom is 0.0914 e. The molecule has 1 aliphatic rings. The number of benzene rings is 1. The smallest absolute Gasteiger partial charge is 0.0914 e. The maximum atomic E-state index is 10.2. The van der Waals surface area contributed by atoms with Crippen LogP contribution in [0.3, 0.4) is 0 Å². The molecular formula is C18H29NO2. The summed E-state index contributed by atoms with van der Waals surface area (Å²) in [4.78, 5) is 0. The van der Waals surface area contributed by atoms with Crippen molar-refractivity contribution >= 4 is 0 Å². The van der Waals surface area contributed by atoms with Gasteiger partial charge in [-0.15, -0.1) is 0 Å². The molecule has 1 aliphatic heterocycles. The summed E-state index contributed by atoms with van der Waals surface area (Å²) in [6.07, 6.45) is 4.69. The Bertz CT molecular complexity index is 396. The van der Waals surface area contributed by atoms with Crippen LogP contribution in [-0.4, -0.2) is 30.9 Å². The first-order valence-corrected chi connectivity index (χ1v) is 8.27. The summed E-state index contributed by atoms with van der Waals surface area (Å²) in [5, 5.41) is 13.5. The molecule has 2 atom stereocenters. The molecule has 1 fully saturated rings. The second-order valence-corrected chi connectivity index (χ2v) is 6.32. The zero-order valence-electron chi connectivity index (χ0n) is 13.3. The SMILES string of the molecule is CC(C)c1ccc(C(O)CNCCC2CCCCO2)cc1. The quantitative estimate of drug-likeness (QED) is 0.757. The van der Waals surface area contributed by atoms with Crippen molar-refractivity contribution < 1.29 is 9.84 Å². The van der Waals surface area contributed by atoms with Crippen LogP contribution < -0.4 is 5.32 Å². The van der Waals surface area contributed by atoms with E-state index in [0.717, 1.165) is 25.1 Å². The maximum absolute atomic E-state index is 10.2. The molecule has 3 heteroatoms. The van der Waals surface area contributed by atoms with Gasteiger partial charge in [-0.1, -0.05) is 38.1 Å². The summed E-state index contributed by atoms with van der Waals surface area (Å²) in [7, 11) is 0. The van der Waals surface area contributed by atoms with E-state index in [9.17, 15) is 5.11 Å². The van der Waals surface area contributed by atoms with Gasteiger partial charge in [-0.3, -0.25) is 0 Å². The van der Waals surface area contributed by atoms with Gasteiger partial charge >= 0.3 is 0 Å². The molecule has 2 unspecified atom stereocenters. The Morgan fingerprint density at radius 3 is 2.52 bits per heavy atom. The lowest BCUT2D eigenvalue weighted by Gasteiger charge is -2.22. The topological polar surface area (TPSA) is 41.5 Å². The second-order valence-electron chi connectivity index (χ2n) is 6.32. The van der Waals surface area contributed by atoms with Crippen molar-refractivity contribution in [1.82, 2.24) is 5.32 Å². The van der Waals surface area contributed by atoms with Gasteiger partial charge in [-0.25, -0.2) is 0 Å². The van der Waals surface area contributed by atoms with Crippen LogP contribution in [0, 0.1) is 0 Å². The lowest BCUT2D eigenvalue weighted by molar-refractivity contribution is 0.0111. The summed E-state index contributed by atoms with van der Waals surface area (Å²) in [6.45, 7) is 6.79. The molecule has 0 spiro atoms. The third-order valence-electron chi connectivity index (χ3n) is 4.24. The standard InChI is InChI=1S/C18H29NO2/c1-14(2)15-6-8-16(9-7-15)18(20)13-19-11-10-17-5-3-4-12-21-17/h6-9,14,17-20H,3-5,10-13H2,1-2H3. The largest absolute Gasteiger partial charge is 0.387 e. The molecule has 118 valence electrons. The zero-order valence-corrected chi connectivity index (χ0v) is 13.3. The molecule has 0 saturated carbocycles. The first-order chi connectivity index (χ1) is 10.2. The van der Waals surface area contributed by atoms with Gasteiger partial charge in [-0.05, 0) is 49.3 Å². The lowest BCUT2D eigenvalue weighted by atomic mass is 10.00. The Morgan fingerprint density at radius 2 is 1.90 bits per heavy atom. The number of hydrogen-bond donors (Lipinski definition) is 2. The van der Waals surface area contributed by atoms with Crippen molar-refractivity contribution in [3.63, 3.8) is 0 Å². The van der Waals surface area contributed by atoms with Crippen molar-refractivity contribution in [2.24, 2.45) is 0 Å². The van der Waals surface area contributed by atoms with Gasteiger partial charge < -0.3 is 15.2 Å². The van der Waals surface area contributed by atoms with Crippen LogP contribution in [0.5, 0.6) is 0 Å². The summed E-state index contributed by atoms with van der Waals surface area (Å²) in [6, 6.07) is 8.29. The highest BCUT2D eigenvalue weighted by atomic mass is 16.5. The summed E-state index contributed by atoms with van der Waals surface area (Å²) in [5.41, 5.74) is 2.30. The molecule has 1 heterocycles. The van der Waals surface area contributed by atoms with Crippen LogP contribution in [0.4, 0.5) is 0 Å². The van der Waals surface area contributed by atoms with Gasteiger partial charge in [0, 0.05) is 13.2 Å². The summed E-state index contributed by atoms with van der Waals surface area (Å²) >= 11 is 0. The number of aliphatic hydroxyl groups is 1. The van der Waals surface area contributed by atoms with Gasteiger partial charge in [0.15, 0.2) is 0 Å². The Morgan fingerprint density at radius 1 is 1.19 bits per heavy atom. The number of nitrogens with one attached hydrogen (secondary N) is 1. The molecule has 1 aromatic carbocycles. The van der Waals surface area contributed by atoms with Gasteiger partial charge in [0.2, 0.25) is 0 Å². The average molecular weight is 291 g/mol. The van der Waals surface area contributed by atoms with Crippen LogP contribution in [-0.2, 0) is 4.74 Å². The third-order valence-corrected chi connectivity index (χ3v) is 4.24. The van der Waals surface area contributed by atoms with E-state index in [1.165, 1.54) is 24.8 Å². The fourth-order valence-corrected chi connectivity index (χ4v) is 2.76. The average Bonchev–Trinajstić information content (AvgIpc) is 2.52.